The number of nitrogens with one attached hydrogen (secondary N) is 3. The van der Waals surface area contributed by atoms with E-state index in [9.17, 15) is 14.4 Å². The number of aryl methyl sites for hydroxylation is 2. The lowest BCUT2D eigenvalue weighted by Gasteiger charge is -2.07. The van der Waals surface area contributed by atoms with E-state index >= 15 is 0 Å². The number of carbonyl (C=O) groups is 3. The molecular weight excluding hydrogens is 476 g/mol. The molecule has 36 heavy (non-hydrogen) atoms. The molecule has 0 saturated heterocycles. The molecule has 0 radical (unpaired) electrons. The van der Waals surface area contributed by atoms with Crippen molar-refractivity contribution in [3.8, 4) is 0 Å². The summed E-state index contributed by atoms with van der Waals surface area (Å²) in [6.45, 7) is 0.731. The van der Waals surface area contributed by atoms with Crippen molar-refractivity contribution >= 4 is 40.9 Å². The second kappa shape index (κ2) is 9.82. The van der Waals surface area contributed by atoms with Crippen molar-refractivity contribution in [2.45, 2.75) is 11.7 Å². The van der Waals surface area contributed by atoms with E-state index in [1.165, 1.54) is 0 Å². The summed E-state index contributed by atoms with van der Waals surface area (Å²) in [4.78, 5) is 37.9. The number of benzene rings is 1. The number of imidazole rings is 1. The molecule has 182 valence electrons. The zero-order valence-electron chi connectivity index (χ0n) is 19.9. The number of hydrogen-bond acceptors (Lipinski definition) is 4. The molecule has 2 aliphatic heterocycles. The van der Waals surface area contributed by atoms with Gasteiger partial charge in [0, 0.05) is 30.0 Å². The quantitative estimate of drug-likeness (QED) is 0.236. The Labute approximate surface area is 212 Å². The summed E-state index contributed by atoms with van der Waals surface area (Å²) in [5.41, 5.74) is 3.17. The Morgan fingerprint density at radius 1 is 0.944 bits per heavy atom. The molecule has 4 heterocycles. The van der Waals surface area contributed by atoms with E-state index < -0.39 is 0 Å². The van der Waals surface area contributed by atoms with E-state index in [1.54, 1.807) is 40.9 Å². The minimum absolute atomic E-state index is 0.0892. The van der Waals surface area contributed by atoms with Gasteiger partial charge < -0.3 is 16.0 Å². The fraction of sp³-hybridized carbons (Fsp3) is 0.192. The first kappa shape index (κ1) is 23.6. The molecule has 0 atom stereocenters. The number of amides is 3. The lowest BCUT2D eigenvalue weighted by atomic mass is 10.0. The average Bonchev–Trinajstić information content (AvgIpc) is 3.52. The highest BCUT2D eigenvalue weighted by atomic mass is 32.2. The van der Waals surface area contributed by atoms with Crippen LogP contribution in [0.2, 0.25) is 0 Å². The molecule has 2 aliphatic rings. The fourth-order valence-corrected chi connectivity index (χ4v) is 5.20. The Kier molecular flexibility index (Phi) is 6.43. The molecule has 0 aliphatic carbocycles. The average molecular weight is 503 g/mol. The molecule has 0 saturated carbocycles. The summed E-state index contributed by atoms with van der Waals surface area (Å²) in [7, 11) is 3.99. The molecular formula is C26H26N6O3S+2. The number of carbonyl (C=O) groups excluding carboxylic acids is 3. The molecule has 1 aromatic carbocycles. The van der Waals surface area contributed by atoms with Gasteiger partial charge in [-0.1, -0.05) is 30.3 Å². The first-order valence-corrected chi connectivity index (χ1v) is 12.5. The Morgan fingerprint density at radius 2 is 1.56 bits per heavy atom. The van der Waals surface area contributed by atoms with Crippen LogP contribution in [0.25, 0.3) is 11.4 Å². The van der Waals surface area contributed by atoms with Gasteiger partial charge in [0.05, 0.1) is 36.6 Å². The number of thioether (sulfide) groups is 1. The van der Waals surface area contributed by atoms with Crippen molar-refractivity contribution in [1.29, 1.82) is 0 Å². The fourth-order valence-electron chi connectivity index (χ4n) is 4.28. The first-order valence-electron chi connectivity index (χ1n) is 11.5. The molecule has 2 aromatic heterocycles. The van der Waals surface area contributed by atoms with Crippen molar-refractivity contribution in [2.75, 3.05) is 12.3 Å². The number of fused-ring (bicyclic) bond motifs is 1. The molecule has 0 spiro atoms. The van der Waals surface area contributed by atoms with Gasteiger partial charge in [0.15, 0.2) is 12.4 Å². The minimum Gasteiger partial charge on any atom is -0.350 e. The molecule has 3 N–H and O–H groups in total. The first-order chi connectivity index (χ1) is 17.4. The highest BCUT2D eigenvalue weighted by Crippen LogP contribution is 2.36. The van der Waals surface area contributed by atoms with Crippen molar-refractivity contribution in [1.82, 2.24) is 20.5 Å². The van der Waals surface area contributed by atoms with Crippen molar-refractivity contribution < 1.29 is 23.5 Å². The van der Waals surface area contributed by atoms with E-state index in [-0.39, 0.29) is 24.3 Å². The van der Waals surface area contributed by atoms with Gasteiger partial charge in [-0.2, -0.15) is 4.57 Å². The van der Waals surface area contributed by atoms with Crippen molar-refractivity contribution in [2.24, 2.45) is 14.1 Å². The highest BCUT2D eigenvalue weighted by molar-refractivity contribution is 7.99. The van der Waals surface area contributed by atoms with Gasteiger partial charge >= 0.3 is 5.16 Å². The zero-order chi connectivity index (χ0) is 25.2. The van der Waals surface area contributed by atoms with Crippen LogP contribution in [0.5, 0.6) is 0 Å². The predicted octanol–water partition coefficient (Wildman–Crippen LogP) is 0.428. The van der Waals surface area contributed by atoms with E-state index in [0.717, 1.165) is 16.5 Å². The maximum atomic E-state index is 12.8. The highest BCUT2D eigenvalue weighted by Gasteiger charge is 2.40. The van der Waals surface area contributed by atoms with Crippen LogP contribution in [-0.4, -0.2) is 34.6 Å². The second-order valence-corrected chi connectivity index (χ2v) is 9.60. The van der Waals surface area contributed by atoms with E-state index in [1.807, 2.05) is 66.0 Å². The van der Waals surface area contributed by atoms with Crippen molar-refractivity contribution in [3.05, 3.63) is 89.5 Å². The van der Waals surface area contributed by atoms with Crippen LogP contribution in [0.3, 0.4) is 0 Å². The topological polar surface area (TPSA) is 100.0 Å². The smallest absolute Gasteiger partial charge is 0.317 e. The number of nitrogens with zero attached hydrogens (tertiary/aromatic N) is 3. The lowest BCUT2D eigenvalue weighted by molar-refractivity contribution is -0.709. The summed E-state index contributed by atoms with van der Waals surface area (Å²) in [6, 6.07) is 12.9. The molecule has 0 unspecified atom stereocenters. The van der Waals surface area contributed by atoms with Gasteiger partial charge in [0.1, 0.15) is 12.4 Å². The SMILES string of the molecule is Cn1cc[n+](C)c1SCCNC(=O)C[n+]1ccc(C2=C3C(=O)NC(c4ccccc4)=C3C(=O)N2)cc1. The van der Waals surface area contributed by atoms with Gasteiger partial charge in [0.25, 0.3) is 17.7 Å². The molecule has 0 bridgehead atoms. The van der Waals surface area contributed by atoms with Crippen LogP contribution >= 0.6 is 11.8 Å². The third kappa shape index (κ3) is 4.55. The van der Waals surface area contributed by atoms with Crippen LogP contribution in [0.1, 0.15) is 11.1 Å². The number of aromatic nitrogens is 3. The largest absolute Gasteiger partial charge is 0.350 e. The van der Waals surface area contributed by atoms with E-state index in [2.05, 4.69) is 16.0 Å². The Balaban J connectivity index is 1.23. The van der Waals surface area contributed by atoms with Crippen LogP contribution in [0, 0.1) is 0 Å². The zero-order valence-corrected chi connectivity index (χ0v) is 20.8. The van der Waals surface area contributed by atoms with Gasteiger partial charge in [0.2, 0.25) is 6.54 Å². The van der Waals surface area contributed by atoms with E-state index in [4.69, 9.17) is 0 Å². The van der Waals surface area contributed by atoms with Gasteiger partial charge in [-0.3, -0.25) is 14.4 Å². The minimum atomic E-state index is -0.310. The standard InChI is InChI=1S/C26H24N6O3S/c1-30-13-14-31(2)26(30)36-15-10-27-19(33)16-32-11-8-18(9-12-32)23-21-20(24(34)29-23)22(28-25(21)35)17-6-4-3-5-7-17/h3-9,11-14H,10,15-16H2,1-2H3,(H-,27,29,33,34)/p+2. The van der Waals surface area contributed by atoms with Gasteiger partial charge in [-0.15, -0.1) is 0 Å². The third-order valence-electron chi connectivity index (χ3n) is 6.02. The summed E-state index contributed by atoms with van der Waals surface area (Å²) in [5.74, 6) is 0.0551. The number of hydrogen-bond donors (Lipinski definition) is 3. The van der Waals surface area contributed by atoms with E-state index in [0.29, 0.717) is 34.6 Å². The normalized spacial score (nSPS) is 14.7. The summed E-state index contributed by atoms with van der Waals surface area (Å²) in [6.07, 6.45) is 7.51. The molecule has 5 rings (SSSR count). The van der Waals surface area contributed by atoms with Gasteiger partial charge in [-0.25, -0.2) is 9.13 Å². The van der Waals surface area contributed by atoms with Crippen LogP contribution in [-0.2, 0) is 35.0 Å². The lowest BCUT2D eigenvalue weighted by Crippen LogP contribution is -2.43. The summed E-state index contributed by atoms with van der Waals surface area (Å²) >= 11 is 1.68. The van der Waals surface area contributed by atoms with Crippen LogP contribution in [0.15, 0.2) is 83.6 Å². The monoisotopic (exact) mass is 502 g/mol. The summed E-state index contributed by atoms with van der Waals surface area (Å²) in [5, 5.41) is 9.74. The Hall–Kier alpha value is -4.18. The number of pyridine rings is 1. The van der Waals surface area contributed by atoms with Crippen LogP contribution in [0.4, 0.5) is 0 Å². The molecule has 0 fully saturated rings. The Bertz CT molecular complexity index is 1400. The number of rotatable bonds is 8. The third-order valence-corrected chi connectivity index (χ3v) is 7.26. The maximum Gasteiger partial charge on any atom is 0.317 e. The van der Waals surface area contributed by atoms with Crippen LogP contribution < -0.4 is 25.1 Å². The Morgan fingerprint density at radius 3 is 2.14 bits per heavy atom. The van der Waals surface area contributed by atoms with Gasteiger partial charge in [-0.05, 0) is 17.3 Å². The maximum absolute atomic E-state index is 12.8. The molecule has 9 nitrogen and oxygen atoms in total. The molecule has 3 amide bonds. The molecule has 10 heteroatoms. The van der Waals surface area contributed by atoms with Crippen molar-refractivity contribution in [3.63, 3.8) is 0 Å². The second-order valence-electron chi connectivity index (χ2n) is 8.53. The summed E-state index contributed by atoms with van der Waals surface area (Å²) < 4.78 is 5.85. The molecule has 3 aromatic rings. The predicted molar refractivity (Wildman–Crippen MR) is 134 cm³/mol.